The third-order valence-electron chi connectivity index (χ3n) is 3.49. The Morgan fingerprint density at radius 2 is 1.73 bits per heavy atom. The molecule has 22 heavy (non-hydrogen) atoms. The quantitative estimate of drug-likeness (QED) is 0.899. The van der Waals surface area contributed by atoms with Gasteiger partial charge < -0.3 is 10.1 Å². The molecule has 0 bridgehead atoms. The highest BCUT2D eigenvalue weighted by Gasteiger charge is 2.12. The summed E-state index contributed by atoms with van der Waals surface area (Å²) in [6.45, 7) is 4.02. The van der Waals surface area contributed by atoms with Gasteiger partial charge in [-0.25, -0.2) is 0 Å². The average molecular weight is 291 g/mol. The van der Waals surface area contributed by atoms with E-state index in [9.17, 15) is 4.79 Å². The van der Waals surface area contributed by atoms with Gasteiger partial charge in [-0.1, -0.05) is 29.8 Å². The largest absolute Gasteiger partial charge is 0.464 e. The van der Waals surface area contributed by atoms with Crippen LogP contribution in [-0.4, -0.2) is 5.91 Å². The van der Waals surface area contributed by atoms with Gasteiger partial charge in [-0.05, 0) is 49.8 Å². The number of carbonyl (C=O) groups is 1. The number of nitrogens with one attached hydrogen (secondary N) is 1. The molecule has 0 saturated carbocycles. The van der Waals surface area contributed by atoms with Crippen molar-refractivity contribution in [1.29, 1.82) is 0 Å². The molecule has 1 aliphatic rings. The van der Waals surface area contributed by atoms with Crippen molar-refractivity contribution < 1.29 is 9.53 Å². The van der Waals surface area contributed by atoms with Gasteiger partial charge in [0.05, 0.1) is 6.26 Å². The minimum Gasteiger partial charge on any atom is -0.464 e. The van der Waals surface area contributed by atoms with E-state index >= 15 is 0 Å². The standard InChI is InChI=1S/C19H17NO2/c1-13-4-7-17(8-5-13)20-19(21)16-9-10-22-18-11-14(2)3-6-15(18)12-16/h3-12H,1-2H3,(H,20,21). The Morgan fingerprint density at radius 1 is 1.00 bits per heavy atom. The highest BCUT2D eigenvalue weighted by atomic mass is 16.5. The first-order valence-electron chi connectivity index (χ1n) is 7.15. The molecule has 0 radical (unpaired) electrons. The van der Waals surface area contributed by atoms with Gasteiger partial charge in [0, 0.05) is 16.8 Å². The van der Waals surface area contributed by atoms with E-state index in [4.69, 9.17) is 4.74 Å². The van der Waals surface area contributed by atoms with Crippen molar-refractivity contribution in [2.45, 2.75) is 13.8 Å². The van der Waals surface area contributed by atoms with Gasteiger partial charge in [0.1, 0.15) is 5.75 Å². The van der Waals surface area contributed by atoms with Crippen LogP contribution in [0.25, 0.3) is 6.08 Å². The van der Waals surface area contributed by atoms with Crippen LogP contribution in [0.4, 0.5) is 5.69 Å². The maximum absolute atomic E-state index is 12.4. The summed E-state index contributed by atoms with van der Waals surface area (Å²) in [6.07, 6.45) is 5.06. The van der Waals surface area contributed by atoms with E-state index in [-0.39, 0.29) is 5.91 Å². The summed E-state index contributed by atoms with van der Waals surface area (Å²) in [5.41, 5.74) is 4.50. The number of ether oxygens (including phenoxy) is 1. The molecule has 110 valence electrons. The molecule has 0 atom stereocenters. The summed E-state index contributed by atoms with van der Waals surface area (Å²) >= 11 is 0. The summed E-state index contributed by atoms with van der Waals surface area (Å²) in [7, 11) is 0. The Balaban J connectivity index is 1.85. The van der Waals surface area contributed by atoms with Crippen LogP contribution >= 0.6 is 0 Å². The lowest BCUT2D eigenvalue weighted by atomic mass is 10.1. The van der Waals surface area contributed by atoms with Gasteiger partial charge in [0.2, 0.25) is 0 Å². The molecule has 1 heterocycles. The van der Waals surface area contributed by atoms with E-state index < -0.39 is 0 Å². The molecule has 0 aromatic heterocycles. The Kier molecular flexibility index (Phi) is 3.79. The predicted molar refractivity (Wildman–Crippen MR) is 88.7 cm³/mol. The zero-order valence-corrected chi connectivity index (χ0v) is 12.6. The Morgan fingerprint density at radius 3 is 2.50 bits per heavy atom. The Labute approximate surface area is 129 Å². The zero-order chi connectivity index (χ0) is 15.5. The van der Waals surface area contributed by atoms with Gasteiger partial charge in [-0.2, -0.15) is 0 Å². The van der Waals surface area contributed by atoms with Crippen molar-refractivity contribution in [3.05, 3.63) is 77.1 Å². The van der Waals surface area contributed by atoms with Crippen LogP contribution < -0.4 is 10.1 Å². The Bertz CT molecular complexity index is 771. The van der Waals surface area contributed by atoms with Crippen molar-refractivity contribution in [2.75, 3.05) is 5.32 Å². The average Bonchev–Trinajstić information content (AvgIpc) is 2.71. The third-order valence-corrected chi connectivity index (χ3v) is 3.49. The molecule has 3 nitrogen and oxygen atoms in total. The van der Waals surface area contributed by atoms with Crippen LogP contribution in [0.3, 0.4) is 0 Å². The normalized spacial score (nSPS) is 12.7. The van der Waals surface area contributed by atoms with Gasteiger partial charge in [-0.15, -0.1) is 0 Å². The molecule has 0 aliphatic carbocycles. The molecule has 0 saturated heterocycles. The number of aryl methyl sites for hydroxylation is 2. The van der Waals surface area contributed by atoms with E-state index in [0.29, 0.717) is 5.57 Å². The van der Waals surface area contributed by atoms with Crippen LogP contribution in [0.2, 0.25) is 0 Å². The third kappa shape index (κ3) is 3.09. The smallest absolute Gasteiger partial charge is 0.255 e. The second-order valence-electron chi connectivity index (χ2n) is 5.38. The molecule has 0 unspecified atom stereocenters. The second-order valence-corrected chi connectivity index (χ2v) is 5.38. The second kappa shape index (κ2) is 5.90. The van der Waals surface area contributed by atoms with E-state index in [1.54, 1.807) is 12.3 Å². The first-order chi connectivity index (χ1) is 10.6. The molecule has 3 rings (SSSR count). The molecule has 0 fully saturated rings. The Hall–Kier alpha value is -2.81. The zero-order valence-electron chi connectivity index (χ0n) is 12.6. The van der Waals surface area contributed by atoms with Gasteiger partial charge in [0.15, 0.2) is 0 Å². The number of hydrogen-bond acceptors (Lipinski definition) is 2. The molecule has 0 spiro atoms. The van der Waals surface area contributed by atoms with Crippen molar-refractivity contribution in [3.8, 4) is 5.75 Å². The van der Waals surface area contributed by atoms with Gasteiger partial charge >= 0.3 is 0 Å². The lowest BCUT2D eigenvalue weighted by Gasteiger charge is -2.06. The minimum atomic E-state index is -0.155. The first kappa shape index (κ1) is 14.1. The number of amides is 1. The molecule has 1 amide bonds. The number of anilines is 1. The fraction of sp³-hybridized carbons (Fsp3) is 0.105. The number of carbonyl (C=O) groups excluding carboxylic acids is 1. The summed E-state index contributed by atoms with van der Waals surface area (Å²) in [5, 5.41) is 2.89. The van der Waals surface area contributed by atoms with Crippen LogP contribution in [0.15, 0.2) is 60.4 Å². The fourth-order valence-corrected chi connectivity index (χ4v) is 2.24. The lowest BCUT2D eigenvalue weighted by molar-refractivity contribution is -0.112. The van der Waals surface area contributed by atoms with Crippen molar-refractivity contribution in [3.63, 3.8) is 0 Å². The minimum absolute atomic E-state index is 0.155. The summed E-state index contributed by atoms with van der Waals surface area (Å²) in [5.74, 6) is 0.603. The van der Waals surface area contributed by atoms with Crippen molar-refractivity contribution >= 4 is 17.7 Å². The maximum Gasteiger partial charge on any atom is 0.255 e. The van der Waals surface area contributed by atoms with E-state index in [1.165, 1.54) is 0 Å². The van der Waals surface area contributed by atoms with E-state index in [2.05, 4.69) is 5.32 Å². The molecular formula is C19H17NO2. The molecule has 1 aliphatic heterocycles. The van der Waals surface area contributed by atoms with E-state index in [1.807, 2.05) is 62.4 Å². The molecule has 3 heteroatoms. The molecule has 2 aromatic carbocycles. The van der Waals surface area contributed by atoms with E-state index in [0.717, 1.165) is 28.1 Å². The fourth-order valence-electron chi connectivity index (χ4n) is 2.24. The molecule has 2 aromatic rings. The molecular weight excluding hydrogens is 274 g/mol. The summed E-state index contributed by atoms with van der Waals surface area (Å²) < 4.78 is 5.56. The van der Waals surface area contributed by atoms with Gasteiger partial charge in [-0.3, -0.25) is 4.79 Å². The topological polar surface area (TPSA) is 38.3 Å². The van der Waals surface area contributed by atoms with Crippen LogP contribution in [0, 0.1) is 13.8 Å². The number of hydrogen-bond donors (Lipinski definition) is 1. The number of fused-ring (bicyclic) bond motifs is 1. The highest BCUT2D eigenvalue weighted by molar-refractivity contribution is 6.09. The lowest BCUT2D eigenvalue weighted by Crippen LogP contribution is -2.13. The summed E-state index contributed by atoms with van der Waals surface area (Å²) in [6, 6.07) is 13.6. The van der Waals surface area contributed by atoms with Crippen LogP contribution in [0.5, 0.6) is 5.75 Å². The number of rotatable bonds is 2. The van der Waals surface area contributed by atoms with Crippen molar-refractivity contribution in [2.24, 2.45) is 0 Å². The summed E-state index contributed by atoms with van der Waals surface area (Å²) in [4.78, 5) is 12.4. The van der Waals surface area contributed by atoms with Gasteiger partial charge in [0.25, 0.3) is 5.91 Å². The predicted octanol–water partition coefficient (Wildman–Crippen LogP) is 4.23. The SMILES string of the molecule is Cc1ccc(NC(=O)C2=Cc3ccc(C)cc3OC=C2)cc1. The molecule has 1 N–H and O–H groups in total. The highest BCUT2D eigenvalue weighted by Crippen LogP contribution is 2.26. The number of benzene rings is 2. The monoisotopic (exact) mass is 291 g/mol. The van der Waals surface area contributed by atoms with Crippen LogP contribution in [0.1, 0.15) is 16.7 Å². The maximum atomic E-state index is 12.4. The van der Waals surface area contributed by atoms with Crippen molar-refractivity contribution in [1.82, 2.24) is 0 Å². The van der Waals surface area contributed by atoms with Crippen LogP contribution in [-0.2, 0) is 4.79 Å². The first-order valence-corrected chi connectivity index (χ1v) is 7.15.